The highest BCUT2D eigenvalue weighted by Gasteiger charge is 2.19. The van der Waals surface area contributed by atoms with Gasteiger partial charge in [-0.1, -0.05) is 32.9 Å². The molecule has 2 N–H and O–H groups in total. The van der Waals surface area contributed by atoms with Crippen LogP contribution in [0.4, 0.5) is 0 Å². The molecule has 3 nitrogen and oxygen atoms in total. The molecule has 0 spiro atoms. The third-order valence-corrected chi connectivity index (χ3v) is 1.70. The molecule has 2 atom stereocenters. The number of aliphatic hydroxyl groups is 1. The fourth-order valence-electron chi connectivity index (χ4n) is 0.700. The average Bonchev–Trinajstić information content (AvgIpc) is 1.97. The Labute approximate surface area is 79.1 Å². The maximum Gasteiger partial charge on any atom is 0.309 e. The summed E-state index contributed by atoms with van der Waals surface area (Å²) in [6.45, 7) is 7.45. The highest BCUT2D eigenvalue weighted by atomic mass is 16.4. The Balaban J connectivity index is 4.22. The molecule has 0 aliphatic heterocycles. The number of rotatable bonds is 3. The third-order valence-electron chi connectivity index (χ3n) is 1.70. The van der Waals surface area contributed by atoms with Crippen LogP contribution in [0.3, 0.4) is 0 Å². The molecule has 13 heavy (non-hydrogen) atoms. The zero-order valence-corrected chi connectivity index (χ0v) is 8.61. The first-order valence-electron chi connectivity index (χ1n) is 4.34. The Bertz CT molecular complexity index is 201. The number of carboxylic acid groups (broad SMARTS) is 1. The summed E-state index contributed by atoms with van der Waals surface area (Å²) >= 11 is 0. The van der Waals surface area contributed by atoms with Gasteiger partial charge < -0.3 is 10.2 Å². The van der Waals surface area contributed by atoms with Gasteiger partial charge >= 0.3 is 5.97 Å². The van der Waals surface area contributed by atoms with Gasteiger partial charge in [-0.05, 0) is 12.3 Å². The van der Waals surface area contributed by atoms with E-state index in [9.17, 15) is 9.90 Å². The van der Waals surface area contributed by atoms with Gasteiger partial charge in [0.25, 0.3) is 0 Å². The molecular formula is C10H18O3. The molecule has 0 rings (SSSR count). The van der Waals surface area contributed by atoms with Crippen molar-refractivity contribution in [2.75, 3.05) is 0 Å². The number of aliphatic hydroxyl groups excluding tert-OH is 1. The molecule has 0 amide bonds. The number of carboxylic acids is 1. The lowest BCUT2D eigenvalue weighted by Gasteiger charge is -2.15. The lowest BCUT2D eigenvalue weighted by Crippen LogP contribution is -2.23. The van der Waals surface area contributed by atoms with Crippen LogP contribution in [0.15, 0.2) is 12.2 Å². The van der Waals surface area contributed by atoms with Crippen LogP contribution in [0.25, 0.3) is 0 Å². The van der Waals surface area contributed by atoms with E-state index in [2.05, 4.69) is 0 Å². The summed E-state index contributed by atoms with van der Waals surface area (Å²) in [4.78, 5) is 10.5. The Morgan fingerprint density at radius 1 is 1.38 bits per heavy atom. The molecule has 0 radical (unpaired) electrons. The van der Waals surface area contributed by atoms with E-state index in [1.165, 1.54) is 6.92 Å². The molecule has 0 saturated heterocycles. The number of carbonyl (C=O) groups is 1. The highest BCUT2D eigenvalue weighted by Crippen LogP contribution is 2.16. The third kappa shape index (κ3) is 5.42. The van der Waals surface area contributed by atoms with Gasteiger partial charge in [-0.3, -0.25) is 4.79 Å². The summed E-state index contributed by atoms with van der Waals surface area (Å²) in [7, 11) is 0. The van der Waals surface area contributed by atoms with Crippen molar-refractivity contribution in [3.8, 4) is 0 Å². The smallest absolute Gasteiger partial charge is 0.309 e. The minimum absolute atomic E-state index is 0.0286. The van der Waals surface area contributed by atoms with Crippen molar-refractivity contribution in [1.29, 1.82) is 0 Å². The SMILES string of the molecule is CC(C(=O)O)C(O)/C=C/C(C)(C)C. The molecule has 0 aliphatic carbocycles. The second kappa shape index (κ2) is 4.42. The molecule has 0 aliphatic rings. The van der Waals surface area contributed by atoms with Crippen molar-refractivity contribution in [2.45, 2.75) is 33.8 Å². The largest absolute Gasteiger partial charge is 0.481 e. The quantitative estimate of drug-likeness (QED) is 0.659. The molecule has 0 aromatic rings. The number of allylic oxidation sites excluding steroid dienone is 1. The lowest BCUT2D eigenvalue weighted by molar-refractivity contribution is -0.143. The van der Waals surface area contributed by atoms with Crippen LogP contribution in [0.5, 0.6) is 0 Å². The van der Waals surface area contributed by atoms with E-state index < -0.39 is 18.0 Å². The van der Waals surface area contributed by atoms with E-state index in [0.717, 1.165) is 0 Å². The molecule has 0 bridgehead atoms. The standard InChI is InChI=1S/C10H18O3/c1-7(9(12)13)8(11)5-6-10(2,3)4/h5-8,11H,1-4H3,(H,12,13)/b6-5+. The van der Waals surface area contributed by atoms with Gasteiger partial charge in [-0.15, -0.1) is 0 Å². The van der Waals surface area contributed by atoms with Crippen molar-refractivity contribution in [3.63, 3.8) is 0 Å². The fourth-order valence-corrected chi connectivity index (χ4v) is 0.700. The molecule has 0 aromatic heterocycles. The molecule has 3 heteroatoms. The van der Waals surface area contributed by atoms with E-state index in [0.29, 0.717) is 0 Å². The van der Waals surface area contributed by atoms with Crippen LogP contribution in [-0.2, 0) is 4.79 Å². The molecule has 0 aromatic carbocycles. The van der Waals surface area contributed by atoms with Gasteiger partial charge in [-0.25, -0.2) is 0 Å². The first-order chi connectivity index (χ1) is 5.74. The van der Waals surface area contributed by atoms with Crippen LogP contribution in [0.1, 0.15) is 27.7 Å². The van der Waals surface area contributed by atoms with Gasteiger partial charge in [0.15, 0.2) is 0 Å². The topological polar surface area (TPSA) is 57.5 Å². The minimum Gasteiger partial charge on any atom is -0.481 e. The van der Waals surface area contributed by atoms with Gasteiger partial charge in [0.2, 0.25) is 0 Å². The Morgan fingerprint density at radius 3 is 2.15 bits per heavy atom. The molecule has 2 unspecified atom stereocenters. The molecule has 0 saturated carbocycles. The number of hydrogen-bond donors (Lipinski definition) is 2. The Kier molecular flexibility index (Phi) is 4.14. The van der Waals surface area contributed by atoms with E-state index in [-0.39, 0.29) is 5.41 Å². The van der Waals surface area contributed by atoms with E-state index in [1.54, 1.807) is 6.08 Å². The molecular weight excluding hydrogens is 168 g/mol. The van der Waals surface area contributed by atoms with E-state index in [4.69, 9.17) is 5.11 Å². The summed E-state index contributed by atoms with van der Waals surface area (Å²) in [6, 6.07) is 0. The zero-order valence-electron chi connectivity index (χ0n) is 8.61. The van der Waals surface area contributed by atoms with Gasteiger partial charge in [0.05, 0.1) is 12.0 Å². The number of hydrogen-bond acceptors (Lipinski definition) is 2. The summed E-state index contributed by atoms with van der Waals surface area (Å²) in [5.41, 5.74) is -0.0286. The van der Waals surface area contributed by atoms with Gasteiger partial charge in [-0.2, -0.15) is 0 Å². The van der Waals surface area contributed by atoms with Crippen LogP contribution < -0.4 is 0 Å². The van der Waals surface area contributed by atoms with Crippen LogP contribution >= 0.6 is 0 Å². The van der Waals surface area contributed by atoms with E-state index >= 15 is 0 Å². The normalized spacial score (nSPS) is 17.3. The lowest BCUT2D eigenvalue weighted by atomic mass is 9.94. The summed E-state index contributed by atoms with van der Waals surface area (Å²) in [6.07, 6.45) is 2.45. The minimum atomic E-state index is -0.981. The maximum absolute atomic E-state index is 10.5. The van der Waals surface area contributed by atoms with Crippen molar-refractivity contribution in [2.24, 2.45) is 11.3 Å². The van der Waals surface area contributed by atoms with Crippen LogP contribution in [0, 0.1) is 11.3 Å². The predicted octanol–water partition coefficient (Wildman–Crippen LogP) is 1.67. The van der Waals surface area contributed by atoms with Crippen molar-refractivity contribution in [1.82, 2.24) is 0 Å². The maximum atomic E-state index is 10.5. The van der Waals surface area contributed by atoms with Gasteiger partial charge in [0, 0.05) is 0 Å². The molecule has 76 valence electrons. The molecule has 0 fully saturated rings. The summed E-state index contributed by atoms with van der Waals surface area (Å²) in [5, 5.41) is 18.0. The summed E-state index contributed by atoms with van der Waals surface area (Å²) < 4.78 is 0. The zero-order chi connectivity index (χ0) is 10.6. The predicted molar refractivity (Wildman–Crippen MR) is 51.4 cm³/mol. The first-order valence-corrected chi connectivity index (χ1v) is 4.34. The Morgan fingerprint density at radius 2 is 1.85 bits per heavy atom. The molecule has 0 heterocycles. The second-order valence-electron chi connectivity index (χ2n) is 4.34. The van der Waals surface area contributed by atoms with Crippen LogP contribution in [-0.4, -0.2) is 22.3 Å². The van der Waals surface area contributed by atoms with Gasteiger partial charge in [0.1, 0.15) is 0 Å². The van der Waals surface area contributed by atoms with Crippen molar-refractivity contribution in [3.05, 3.63) is 12.2 Å². The second-order valence-corrected chi connectivity index (χ2v) is 4.34. The van der Waals surface area contributed by atoms with Crippen molar-refractivity contribution >= 4 is 5.97 Å². The van der Waals surface area contributed by atoms with Crippen LogP contribution in [0.2, 0.25) is 0 Å². The average molecular weight is 186 g/mol. The first kappa shape index (κ1) is 12.2. The fraction of sp³-hybridized carbons (Fsp3) is 0.700. The van der Waals surface area contributed by atoms with E-state index in [1.807, 2.05) is 26.8 Å². The summed E-state index contributed by atoms with van der Waals surface area (Å²) in [5.74, 6) is -1.73. The number of aliphatic carboxylic acids is 1. The Hall–Kier alpha value is -0.830. The monoisotopic (exact) mass is 186 g/mol. The van der Waals surface area contributed by atoms with Crippen molar-refractivity contribution < 1.29 is 15.0 Å². The highest BCUT2D eigenvalue weighted by molar-refractivity contribution is 5.70.